The molecule has 35 heavy (non-hydrogen) atoms. The Bertz CT molecular complexity index is 1090. The lowest BCUT2D eigenvalue weighted by Crippen LogP contribution is -2.44. The normalized spacial score (nSPS) is 12.7. The molecule has 0 aliphatic rings. The van der Waals surface area contributed by atoms with Crippen molar-refractivity contribution >= 4 is 13.9 Å². The molecule has 0 saturated heterocycles. The second-order valence-electron chi connectivity index (χ2n) is 10.5. The van der Waals surface area contributed by atoms with Crippen LogP contribution in [-0.2, 0) is 17.6 Å². The van der Waals surface area contributed by atoms with Crippen LogP contribution in [0.5, 0.6) is 5.75 Å². The van der Waals surface area contributed by atoms with Crippen LogP contribution < -0.4 is 10.2 Å². The zero-order chi connectivity index (χ0) is 25.3. The maximum atomic E-state index is 6.78. The van der Waals surface area contributed by atoms with Crippen molar-refractivity contribution in [2.45, 2.75) is 58.2 Å². The minimum Gasteiger partial charge on any atom is -0.543 e. The fraction of sp³-hybridized carbons (Fsp3) is 0.355. The molecule has 0 bridgehead atoms. The molecule has 0 saturated carbocycles. The summed E-state index contributed by atoms with van der Waals surface area (Å²) in [6, 6.07) is 29.6. The average molecular weight is 488 g/mol. The summed E-state index contributed by atoms with van der Waals surface area (Å²) in [5, 5.41) is 0.128. The summed E-state index contributed by atoms with van der Waals surface area (Å²) in [4.78, 5) is 0. The number of hydrogen-bond donors (Lipinski definition) is 1. The van der Waals surface area contributed by atoms with E-state index in [1.165, 1.54) is 22.3 Å². The third-order valence-electron chi connectivity index (χ3n) is 6.85. The van der Waals surface area contributed by atoms with Gasteiger partial charge in [0.15, 0.2) is 0 Å². The number of hydrogen-bond acceptors (Lipinski definition) is 3. The van der Waals surface area contributed by atoms with Gasteiger partial charge in [-0.2, -0.15) is 0 Å². The predicted molar refractivity (Wildman–Crippen MR) is 151 cm³/mol. The van der Waals surface area contributed by atoms with Crippen molar-refractivity contribution in [3.05, 3.63) is 107 Å². The Kier molecular flexibility index (Phi) is 9.36. The molecule has 186 valence electrons. The van der Waals surface area contributed by atoms with Crippen LogP contribution in [0.3, 0.4) is 0 Å². The van der Waals surface area contributed by atoms with Gasteiger partial charge in [0.1, 0.15) is 11.5 Å². The first-order valence-electron chi connectivity index (χ1n) is 12.6. The topological polar surface area (TPSA) is 44.5 Å². The van der Waals surface area contributed by atoms with Crippen LogP contribution in [0.25, 0.3) is 5.57 Å². The molecule has 0 atom stereocenters. The van der Waals surface area contributed by atoms with Gasteiger partial charge in [-0.3, -0.25) is 0 Å². The van der Waals surface area contributed by atoms with Gasteiger partial charge in [0, 0.05) is 25.0 Å². The van der Waals surface area contributed by atoms with E-state index in [2.05, 4.69) is 119 Å². The largest absolute Gasteiger partial charge is 0.543 e. The quantitative estimate of drug-likeness (QED) is 0.223. The predicted octanol–water partition coefficient (Wildman–Crippen LogP) is 7.63. The van der Waals surface area contributed by atoms with E-state index < -0.39 is 8.32 Å². The number of benzene rings is 3. The number of ether oxygens (including phenoxy) is 1. The van der Waals surface area contributed by atoms with Crippen LogP contribution >= 0.6 is 0 Å². The Hall–Kier alpha value is -2.82. The molecule has 0 heterocycles. The maximum absolute atomic E-state index is 6.78. The fourth-order valence-electron chi connectivity index (χ4n) is 3.76. The molecule has 0 unspecified atom stereocenters. The van der Waals surface area contributed by atoms with E-state index in [0.29, 0.717) is 13.2 Å². The molecular formula is C31H41NO2Si. The van der Waals surface area contributed by atoms with Gasteiger partial charge in [-0.05, 0) is 47.3 Å². The van der Waals surface area contributed by atoms with Crippen LogP contribution in [0.1, 0.15) is 43.9 Å². The van der Waals surface area contributed by atoms with Crippen molar-refractivity contribution in [1.82, 2.24) is 0 Å². The zero-order valence-electron chi connectivity index (χ0n) is 22.0. The van der Waals surface area contributed by atoms with Crippen LogP contribution in [0.4, 0.5) is 0 Å². The summed E-state index contributed by atoms with van der Waals surface area (Å²) < 4.78 is 13.1. The van der Waals surface area contributed by atoms with Crippen molar-refractivity contribution in [3.63, 3.8) is 0 Å². The van der Waals surface area contributed by atoms with Gasteiger partial charge in [0.25, 0.3) is 0 Å². The van der Waals surface area contributed by atoms with Gasteiger partial charge in [-0.1, -0.05) is 99.6 Å². The highest BCUT2D eigenvalue weighted by molar-refractivity contribution is 6.74. The lowest BCUT2D eigenvalue weighted by molar-refractivity contribution is 0.212. The third kappa shape index (κ3) is 7.58. The maximum Gasteiger partial charge on any atom is 0.250 e. The number of aryl methyl sites for hydroxylation is 1. The van der Waals surface area contributed by atoms with Crippen molar-refractivity contribution in [3.8, 4) is 5.75 Å². The van der Waals surface area contributed by atoms with Crippen LogP contribution in [0.2, 0.25) is 18.1 Å². The van der Waals surface area contributed by atoms with Crippen LogP contribution in [0, 0.1) is 0 Å². The Morgan fingerprint density at radius 1 is 0.829 bits per heavy atom. The summed E-state index contributed by atoms with van der Waals surface area (Å²) in [5.74, 6) is 1.99. The first-order chi connectivity index (χ1) is 16.7. The van der Waals surface area contributed by atoms with Gasteiger partial charge < -0.3 is 14.9 Å². The van der Waals surface area contributed by atoms with E-state index in [-0.39, 0.29) is 5.04 Å². The van der Waals surface area contributed by atoms with Crippen molar-refractivity contribution < 1.29 is 9.16 Å². The molecule has 0 radical (unpaired) electrons. The van der Waals surface area contributed by atoms with Crippen LogP contribution in [-0.4, -0.2) is 21.5 Å². The second kappa shape index (κ2) is 12.2. The summed E-state index contributed by atoms with van der Waals surface area (Å²) in [6.45, 7) is 12.4. The molecule has 3 aromatic rings. The number of nitrogens with two attached hydrogens (primary N) is 1. The van der Waals surface area contributed by atoms with Gasteiger partial charge in [-0.15, -0.1) is 0 Å². The lowest BCUT2D eigenvalue weighted by Gasteiger charge is -2.37. The smallest absolute Gasteiger partial charge is 0.250 e. The standard InChI is InChI=1S/C31H41NO2Si/c1-31(2,3)35(4,5)34-29-19-13-12-18-27(29)24-28(26-16-10-7-11-17-26)30(33-23-22-32)21-20-25-14-8-6-9-15-25/h6-19H,20-24,32H2,1-5H3. The minimum atomic E-state index is -1.98. The molecule has 0 fully saturated rings. The Morgan fingerprint density at radius 3 is 2.06 bits per heavy atom. The van der Waals surface area contributed by atoms with E-state index in [0.717, 1.165) is 30.8 Å². The summed E-state index contributed by atoms with van der Waals surface area (Å²) in [5.41, 5.74) is 10.7. The zero-order valence-corrected chi connectivity index (χ0v) is 23.0. The number of rotatable bonds is 11. The Labute approximate surface area is 213 Å². The van der Waals surface area contributed by atoms with E-state index in [1.54, 1.807) is 0 Å². The number of para-hydroxylation sites is 1. The highest BCUT2D eigenvalue weighted by Gasteiger charge is 2.39. The molecule has 4 heteroatoms. The minimum absolute atomic E-state index is 0.128. The molecule has 3 aromatic carbocycles. The molecule has 0 aliphatic carbocycles. The molecule has 0 amide bonds. The van der Waals surface area contributed by atoms with Crippen molar-refractivity contribution in [2.75, 3.05) is 13.2 Å². The lowest BCUT2D eigenvalue weighted by atomic mass is 9.94. The second-order valence-corrected chi connectivity index (χ2v) is 15.3. The first kappa shape index (κ1) is 26.8. The molecule has 3 nitrogen and oxygen atoms in total. The monoisotopic (exact) mass is 487 g/mol. The SMILES string of the molecule is CC(C)(C)[Si](C)(C)Oc1ccccc1CC(=C(CCc1ccccc1)OCCN)c1ccccc1. The summed E-state index contributed by atoms with van der Waals surface area (Å²) in [6.07, 6.45) is 2.47. The van der Waals surface area contributed by atoms with Gasteiger partial charge >= 0.3 is 0 Å². The highest BCUT2D eigenvalue weighted by atomic mass is 28.4. The molecule has 3 rings (SSSR count). The Balaban J connectivity index is 2.02. The van der Waals surface area contributed by atoms with E-state index in [9.17, 15) is 0 Å². The molecule has 0 aliphatic heterocycles. The van der Waals surface area contributed by atoms with Gasteiger partial charge in [0.05, 0.1) is 6.61 Å². The highest BCUT2D eigenvalue weighted by Crippen LogP contribution is 2.39. The van der Waals surface area contributed by atoms with E-state index >= 15 is 0 Å². The third-order valence-corrected chi connectivity index (χ3v) is 11.2. The fourth-order valence-corrected chi connectivity index (χ4v) is 4.82. The van der Waals surface area contributed by atoms with Gasteiger partial charge in [0.2, 0.25) is 8.32 Å². The molecular weight excluding hydrogens is 446 g/mol. The molecule has 0 spiro atoms. The number of allylic oxidation sites excluding steroid dienone is 2. The molecule has 2 N–H and O–H groups in total. The molecule has 0 aromatic heterocycles. The van der Waals surface area contributed by atoms with Gasteiger partial charge in [-0.25, -0.2) is 0 Å². The van der Waals surface area contributed by atoms with E-state index in [4.69, 9.17) is 14.9 Å². The van der Waals surface area contributed by atoms with E-state index in [1.807, 2.05) is 0 Å². The first-order valence-corrected chi connectivity index (χ1v) is 15.5. The van der Waals surface area contributed by atoms with Crippen molar-refractivity contribution in [1.29, 1.82) is 0 Å². The summed E-state index contributed by atoms with van der Waals surface area (Å²) >= 11 is 0. The van der Waals surface area contributed by atoms with Crippen LogP contribution in [0.15, 0.2) is 90.7 Å². The Morgan fingerprint density at radius 2 is 1.43 bits per heavy atom. The summed E-state index contributed by atoms with van der Waals surface area (Å²) in [7, 11) is -1.98. The average Bonchev–Trinajstić information content (AvgIpc) is 2.84. The van der Waals surface area contributed by atoms with Crippen molar-refractivity contribution in [2.24, 2.45) is 5.73 Å².